The van der Waals surface area contributed by atoms with E-state index in [9.17, 15) is 9.90 Å². The third-order valence-electron chi connectivity index (χ3n) is 5.01. The third-order valence-corrected chi connectivity index (χ3v) is 5.01. The van der Waals surface area contributed by atoms with Crippen LogP contribution in [0.1, 0.15) is 28.1 Å². The van der Waals surface area contributed by atoms with E-state index in [0.717, 1.165) is 16.9 Å². The second kappa shape index (κ2) is 7.57. The zero-order valence-electron chi connectivity index (χ0n) is 15.3. The van der Waals surface area contributed by atoms with Crippen molar-refractivity contribution in [3.8, 4) is 5.75 Å². The summed E-state index contributed by atoms with van der Waals surface area (Å²) in [5.41, 5.74) is 2.20. The minimum Gasteiger partial charge on any atom is -0.508 e. The van der Waals surface area contributed by atoms with E-state index in [2.05, 4.69) is 6.08 Å². The number of carbonyl (C=O) groups excluding carboxylic acids is 1. The fraction of sp³-hybridized carbons (Fsp3) is 0.0800. The molecule has 3 heteroatoms. The van der Waals surface area contributed by atoms with E-state index in [-0.39, 0.29) is 11.5 Å². The Morgan fingerprint density at radius 2 is 1.79 bits per heavy atom. The van der Waals surface area contributed by atoms with E-state index in [1.807, 2.05) is 72.8 Å². The highest BCUT2D eigenvalue weighted by atomic mass is 16.3. The summed E-state index contributed by atoms with van der Waals surface area (Å²) < 4.78 is 5.58. The van der Waals surface area contributed by atoms with Crippen LogP contribution >= 0.6 is 0 Å². The highest BCUT2D eigenvalue weighted by Crippen LogP contribution is 2.41. The van der Waals surface area contributed by atoms with Crippen molar-refractivity contribution in [1.82, 2.24) is 0 Å². The van der Waals surface area contributed by atoms with Crippen LogP contribution in [0.25, 0.3) is 5.57 Å². The predicted octanol–water partition coefficient (Wildman–Crippen LogP) is 5.71. The minimum absolute atomic E-state index is 0.0405. The number of carbonyl (C=O) groups is 1. The van der Waals surface area contributed by atoms with Gasteiger partial charge in [0.15, 0.2) is 5.78 Å². The molecular weight excluding hydrogens is 348 g/mol. The van der Waals surface area contributed by atoms with Gasteiger partial charge < -0.3 is 9.52 Å². The topological polar surface area (TPSA) is 50.4 Å². The molecule has 1 aliphatic carbocycles. The molecule has 0 amide bonds. The SMILES string of the molecule is O=C(/C=C/C1(c2ccc(O)cc2)C=CC=C(c2ccco2)C1)c1ccccc1. The molecule has 1 aromatic heterocycles. The van der Waals surface area contributed by atoms with Crippen LogP contribution in [-0.4, -0.2) is 10.9 Å². The van der Waals surface area contributed by atoms with Crippen LogP contribution in [0, 0.1) is 0 Å². The van der Waals surface area contributed by atoms with E-state index in [0.29, 0.717) is 12.0 Å². The van der Waals surface area contributed by atoms with Gasteiger partial charge in [0.1, 0.15) is 11.5 Å². The summed E-state index contributed by atoms with van der Waals surface area (Å²) in [5.74, 6) is 0.987. The van der Waals surface area contributed by atoms with E-state index >= 15 is 0 Å². The van der Waals surface area contributed by atoms with E-state index in [1.54, 1.807) is 24.5 Å². The lowest BCUT2D eigenvalue weighted by Crippen LogP contribution is -2.23. The zero-order valence-corrected chi connectivity index (χ0v) is 15.3. The number of rotatable bonds is 5. The summed E-state index contributed by atoms with van der Waals surface area (Å²) >= 11 is 0. The molecule has 0 fully saturated rings. The average Bonchev–Trinajstić information content (AvgIpc) is 3.28. The number of benzene rings is 2. The van der Waals surface area contributed by atoms with E-state index < -0.39 is 5.41 Å². The standard InChI is InChI=1S/C25H20O3/c26-22-12-10-21(11-13-22)25(16-14-23(27)19-6-2-1-3-7-19)15-4-8-20(18-25)24-9-5-17-28-24/h1-17,26H,18H2/b16-14+. The molecule has 1 heterocycles. The lowest BCUT2D eigenvalue weighted by molar-refractivity contribution is 0.104. The smallest absolute Gasteiger partial charge is 0.185 e. The fourth-order valence-corrected chi connectivity index (χ4v) is 3.50. The number of hydrogen-bond acceptors (Lipinski definition) is 3. The third kappa shape index (κ3) is 3.60. The van der Waals surface area contributed by atoms with Gasteiger partial charge >= 0.3 is 0 Å². The summed E-state index contributed by atoms with van der Waals surface area (Å²) in [6.45, 7) is 0. The van der Waals surface area contributed by atoms with Crippen LogP contribution in [-0.2, 0) is 5.41 Å². The number of allylic oxidation sites excluding steroid dienone is 6. The molecule has 2 aromatic carbocycles. The maximum absolute atomic E-state index is 12.6. The molecule has 1 N–H and O–H groups in total. The van der Waals surface area contributed by atoms with Gasteiger partial charge in [0.25, 0.3) is 0 Å². The number of furan rings is 1. The fourth-order valence-electron chi connectivity index (χ4n) is 3.50. The van der Waals surface area contributed by atoms with Crippen molar-refractivity contribution in [2.45, 2.75) is 11.8 Å². The Labute approximate surface area is 164 Å². The van der Waals surface area contributed by atoms with E-state index in [1.165, 1.54) is 0 Å². The Hall–Kier alpha value is -3.59. The Morgan fingerprint density at radius 3 is 2.50 bits per heavy atom. The van der Waals surface area contributed by atoms with Crippen molar-refractivity contribution in [3.63, 3.8) is 0 Å². The molecule has 28 heavy (non-hydrogen) atoms. The normalized spacial score (nSPS) is 18.9. The van der Waals surface area contributed by atoms with Crippen LogP contribution in [0.3, 0.4) is 0 Å². The number of phenolic OH excluding ortho intramolecular Hbond substituents is 1. The molecule has 1 atom stereocenters. The van der Waals surface area contributed by atoms with Gasteiger partial charge in [0.05, 0.1) is 6.26 Å². The van der Waals surface area contributed by atoms with Crippen LogP contribution < -0.4 is 0 Å². The first kappa shape index (κ1) is 17.8. The molecule has 0 saturated heterocycles. The van der Waals surface area contributed by atoms with Crippen LogP contribution in [0.15, 0.2) is 108 Å². The van der Waals surface area contributed by atoms with Gasteiger partial charge in [-0.05, 0) is 47.9 Å². The zero-order chi connectivity index (χ0) is 19.4. The van der Waals surface area contributed by atoms with Crippen molar-refractivity contribution in [2.75, 3.05) is 0 Å². The summed E-state index contributed by atoms with van der Waals surface area (Å²) in [6, 6.07) is 20.1. The van der Waals surface area contributed by atoms with Gasteiger partial charge in [0.2, 0.25) is 0 Å². The first-order valence-corrected chi connectivity index (χ1v) is 9.17. The van der Waals surface area contributed by atoms with Crippen molar-refractivity contribution in [3.05, 3.63) is 120 Å². The molecule has 1 unspecified atom stereocenters. The minimum atomic E-state index is -0.505. The Morgan fingerprint density at radius 1 is 1.00 bits per heavy atom. The van der Waals surface area contributed by atoms with Crippen molar-refractivity contribution < 1.29 is 14.3 Å². The second-order valence-electron chi connectivity index (χ2n) is 6.86. The molecule has 4 rings (SSSR count). The number of hydrogen-bond donors (Lipinski definition) is 1. The average molecular weight is 368 g/mol. The van der Waals surface area contributed by atoms with Crippen molar-refractivity contribution in [1.29, 1.82) is 0 Å². The summed E-state index contributed by atoms with van der Waals surface area (Å²) in [6.07, 6.45) is 12.0. The first-order chi connectivity index (χ1) is 13.7. The van der Waals surface area contributed by atoms with Crippen LogP contribution in [0.2, 0.25) is 0 Å². The predicted molar refractivity (Wildman–Crippen MR) is 110 cm³/mol. The second-order valence-corrected chi connectivity index (χ2v) is 6.86. The summed E-state index contributed by atoms with van der Waals surface area (Å²) in [4.78, 5) is 12.6. The van der Waals surface area contributed by atoms with Crippen molar-refractivity contribution in [2.24, 2.45) is 0 Å². The molecule has 3 aromatic rings. The van der Waals surface area contributed by atoms with Gasteiger partial charge in [-0.1, -0.05) is 66.8 Å². The molecule has 0 aliphatic heterocycles. The molecule has 0 radical (unpaired) electrons. The maximum atomic E-state index is 12.6. The quantitative estimate of drug-likeness (QED) is 0.464. The van der Waals surface area contributed by atoms with E-state index in [4.69, 9.17) is 4.42 Å². The van der Waals surface area contributed by atoms with Gasteiger partial charge in [-0.3, -0.25) is 4.79 Å². The molecule has 0 spiro atoms. The number of ketones is 1. The van der Waals surface area contributed by atoms with Gasteiger partial charge in [-0.25, -0.2) is 0 Å². The van der Waals surface area contributed by atoms with Gasteiger partial charge in [-0.15, -0.1) is 0 Å². The molecule has 1 aliphatic rings. The highest BCUT2D eigenvalue weighted by Gasteiger charge is 2.31. The number of phenols is 1. The molecular formula is C25H20O3. The molecule has 0 saturated carbocycles. The molecule has 3 nitrogen and oxygen atoms in total. The lowest BCUT2D eigenvalue weighted by Gasteiger charge is -2.31. The maximum Gasteiger partial charge on any atom is 0.185 e. The molecule has 138 valence electrons. The highest BCUT2D eigenvalue weighted by molar-refractivity contribution is 6.04. The van der Waals surface area contributed by atoms with Crippen LogP contribution in [0.4, 0.5) is 0 Å². The Bertz CT molecular complexity index is 1040. The van der Waals surface area contributed by atoms with Gasteiger partial charge in [0, 0.05) is 11.0 Å². The number of aromatic hydroxyl groups is 1. The monoisotopic (exact) mass is 368 g/mol. The Balaban J connectivity index is 1.72. The summed E-state index contributed by atoms with van der Waals surface area (Å²) in [7, 11) is 0. The van der Waals surface area contributed by atoms with Crippen LogP contribution in [0.5, 0.6) is 5.75 Å². The largest absolute Gasteiger partial charge is 0.508 e. The lowest BCUT2D eigenvalue weighted by atomic mass is 9.72. The van der Waals surface area contributed by atoms with Crippen molar-refractivity contribution >= 4 is 11.4 Å². The summed E-state index contributed by atoms with van der Waals surface area (Å²) in [5, 5.41) is 9.69. The molecule has 0 bridgehead atoms. The first-order valence-electron chi connectivity index (χ1n) is 9.17. The van der Waals surface area contributed by atoms with Gasteiger partial charge in [-0.2, -0.15) is 0 Å². The Kier molecular flexibility index (Phi) is 4.81.